The van der Waals surface area contributed by atoms with Crippen molar-refractivity contribution in [1.82, 2.24) is 0 Å². The maximum atomic E-state index is 2.32. The molecule has 0 amide bonds. The molecule has 4 aromatic carbocycles. The molecule has 100 valence electrons. The first-order chi connectivity index (χ1) is 10.3. The average molecular weight is 268 g/mol. The molecule has 0 aliphatic rings. The minimum Gasteiger partial charge on any atom is -0.0622 e. The zero-order valence-corrected chi connectivity index (χ0v) is 12.0. The molecule has 0 nitrogen and oxygen atoms in total. The van der Waals surface area contributed by atoms with Crippen molar-refractivity contribution in [2.24, 2.45) is 0 Å². The lowest BCUT2D eigenvalue weighted by Crippen LogP contribution is -1.85. The van der Waals surface area contributed by atoms with Gasteiger partial charge in [-0.05, 0) is 51.2 Å². The van der Waals surface area contributed by atoms with Gasteiger partial charge in [0.2, 0.25) is 0 Å². The fourth-order valence-electron chi connectivity index (χ4n) is 3.10. The van der Waals surface area contributed by atoms with Crippen LogP contribution in [0.25, 0.3) is 32.7 Å². The van der Waals surface area contributed by atoms with Crippen molar-refractivity contribution in [1.29, 1.82) is 0 Å². The van der Waals surface area contributed by atoms with E-state index in [-0.39, 0.29) is 0 Å². The third-order valence-electron chi connectivity index (χ3n) is 4.17. The van der Waals surface area contributed by atoms with Crippen LogP contribution in [0.3, 0.4) is 0 Å². The number of aryl methyl sites for hydroxylation is 1. The van der Waals surface area contributed by atoms with Gasteiger partial charge >= 0.3 is 0 Å². The van der Waals surface area contributed by atoms with Gasteiger partial charge in [0, 0.05) is 0 Å². The highest BCUT2D eigenvalue weighted by molar-refractivity contribution is 6.09. The van der Waals surface area contributed by atoms with Crippen molar-refractivity contribution >= 4 is 21.5 Å². The van der Waals surface area contributed by atoms with Gasteiger partial charge in [-0.2, -0.15) is 0 Å². The van der Waals surface area contributed by atoms with Gasteiger partial charge in [0.05, 0.1) is 0 Å². The highest BCUT2D eigenvalue weighted by atomic mass is 14.1. The van der Waals surface area contributed by atoms with E-state index < -0.39 is 0 Å². The van der Waals surface area contributed by atoms with Gasteiger partial charge in [-0.3, -0.25) is 0 Å². The Morgan fingerprint density at radius 1 is 0.524 bits per heavy atom. The van der Waals surface area contributed by atoms with E-state index in [4.69, 9.17) is 0 Å². The predicted molar refractivity (Wildman–Crippen MR) is 91.6 cm³/mol. The van der Waals surface area contributed by atoms with Crippen molar-refractivity contribution in [3.05, 3.63) is 84.4 Å². The number of benzene rings is 4. The van der Waals surface area contributed by atoms with E-state index in [2.05, 4.69) is 85.8 Å². The summed E-state index contributed by atoms with van der Waals surface area (Å²) in [5.74, 6) is 0. The molecule has 0 fully saturated rings. The first kappa shape index (κ1) is 12.2. The number of hydrogen-bond acceptors (Lipinski definition) is 0. The van der Waals surface area contributed by atoms with Crippen LogP contribution in [-0.4, -0.2) is 0 Å². The molecular weight excluding hydrogens is 252 g/mol. The molecular formula is C21H16. The Morgan fingerprint density at radius 3 is 2.14 bits per heavy atom. The van der Waals surface area contributed by atoms with Gasteiger partial charge in [-0.25, -0.2) is 0 Å². The zero-order chi connectivity index (χ0) is 14.2. The van der Waals surface area contributed by atoms with Crippen LogP contribution in [0.2, 0.25) is 0 Å². The molecule has 0 atom stereocenters. The minimum atomic E-state index is 1.27. The third kappa shape index (κ3) is 2.00. The second kappa shape index (κ2) is 4.75. The standard InChI is InChI=1S/C21H16/c1-15-13-18(16-7-3-2-4-8-16)14-21-19(15)12-11-17-9-5-6-10-20(17)21/h2-14H,1H3. The summed E-state index contributed by atoms with van der Waals surface area (Å²) in [4.78, 5) is 0. The van der Waals surface area contributed by atoms with Gasteiger partial charge in [0.15, 0.2) is 0 Å². The van der Waals surface area contributed by atoms with Crippen LogP contribution in [0.5, 0.6) is 0 Å². The molecule has 0 spiro atoms. The molecule has 21 heavy (non-hydrogen) atoms. The van der Waals surface area contributed by atoms with Crippen molar-refractivity contribution in [2.75, 3.05) is 0 Å². The maximum Gasteiger partial charge on any atom is -0.00966 e. The summed E-state index contributed by atoms with van der Waals surface area (Å²) in [6.07, 6.45) is 0. The Morgan fingerprint density at radius 2 is 1.29 bits per heavy atom. The maximum absolute atomic E-state index is 2.32. The average Bonchev–Trinajstić information content (AvgIpc) is 2.55. The Labute approximate surface area is 124 Å². The van der Waals surface area contributed by atoms with Crippen molar-refractivity contribution in [2.45, 2.75) is 6.92 Å². The Bertz CT molecular complexity index is 934. The smallest absolute Gasteiger partial charge is 0.00966 e. The summed E-state index contributed by atoms with van der Waals surface area (Å²) in [7, 11) is 0. The predicted octanol–water partition coefficient (Wildman–Crippen LogP) is 5.97. The molecule has 0 saturated heterocycles. The summed E-state index contributed by atoms with van der Waals surface area (Å²) >= 11 is 0. The summed E-state index contributed by atoms with van der Waals surface area (Å²) in [6.45, 7) is 2.20. The fraction of sp³-hybridized carbons (Fsp3) is 0.0476. The van der Waals surface area contributed by atoms with E-state index in [1.54, 1.807) is 0 Å². The summed E-state index contributed by atoms with van der Waals surface area (Å²) in [5, 5.41) is 5.31. The largest absolute Gasteiger partial charge is 0.0622 e. The second-order valence-electron chi connectivity index (χ2n) is 5.54. The van der Waals surface area contributed by atoms with Gasteiger partial charge in [0.25, 0.3) is 0 Å². The molecule has 0 aliphatic heterocycles. The molecule has 0 unspecified atom stereocenters. The molecule has 0 aromatic heterocycles. The van der Waals surface area contributed by atoms with E-state index >= 15 is 0 Å². The Hall–Kier alpha value is -2.60. The normalized spacial score (nSPS) is 11.1. The molecule has 0 aliphatic carbocycles. The topological polar surface area (TPSA) is 0 Å². The molecule has 0 saturated carbocycles. The molecule has 0 radical (unpaired) electrons. The van der Waals surface area contributed by atoms with Gasteiger partial charge in [-0.15, -0.1) is 0 Å². The van der Waals surface area contributed by atoms with Crippen LogP contribution in [0.1, 0.15) is 5.56 Å². The molecule has 4 rings (SSSR count). The van der Waals surface area contributed by atoms with E-state index in [1.165, 1.54) is 38.2 Å². The minimum absolute atomic E-state index is 1.27. The SMILES string of the molecule is Cc1cc(-c2ccccc2)cc2c1ccc1ccccc12. The summed E-state index contributed by atoms with van der Waals surface area (Å²) in [6, 6.07) is 28.3. The Kier molecular flexibility index (Phi) is 2.75. The van der Waals surface area contributed by atoms with E-state index in [0.717, 1.165) is 0 Å². The van der Waals surface area contributed by atoms with Gasteiger partial charge in [0.1, 0.15) is 0 Å². The molecule has 0 heteroatoms. The lowest BCUT2D eigenvalue weighted by molar-refractivity contribution is 1.52. The van der Waals surface area contributed by atoms with Crippen LogP contribution in [0.4, 0.5) is 0 Å². The number of hydrogen-bond donors (Lipinski definition) is 0. The van der Waals surface area contributed by atoms with E-state index in [9.17, 15) is 0 Å². The van der Waals surface area contributed by atoms with Crippen LogP contribution in [-0.2, 0) is 0 Å². The Balaban J connectivity index is 2.10. The summed E-state index contributed by atoms with van der Waals surface area (Å²) < 4.78 is 0. The quantitative estimate of drug-likeness (QED) is 0.373. The number of rotatable bonds is 1. The third-order valence-corrected chi connectivity index (χ3v) is 4.17. The van der Waals surface area contributed by atoms with Crippen LogP contribution in [0, 0.1) is 6.92 Å². The lowest BCUT2D eigenvalue weighted by atomic mass is 9.94. The van der Waals surface area contributed by atoms with Crippen LogP contribution < -0.4 is 0 Å². The first-order valence-corrected chi connectivity index (χ1v) is 7.30. The van der Waals surface area contributed by atoms with Gasteiger partial charge < -0.3 is 0 Å². The highest BCUT2D eigenvalue weighted by Crippen LogP contribution is 2.32. The van der Waals surface area contributed by atoms with Gasteiger partial charge in [-0.1, -0.05) is 72.8 Å². The second-order valence-corrected chi connectivity index (χ2v) is 5.54. The first-order valence-electron chi connectivity index (χ1n) is 7.30. The van der Waals surface area contributed by atoms with E-state index in [0.29, 0.717) is 0 Å². The zero-order valence-electron chi connectivity index (χ0n) is 12.0. The molecule has 0 heterocycles. The van der Waals surface area contributed by atoms with Crippen molar-refractivity contribution < 1.29 is 0 Å². The van der Waals surface area contributed by atoms with E-state index in [1.807, 2.05) is 0 Å². The van der Waals surface area contributed by atoms with Crippen molar-refractivity contribution in [3.8, 4) is 11.1 Å². The molecule has 0 N–H and O–H groups in total. The number of fused-ring (bicyclic) bond motifs is 3. The molecule has 0 bridgehead atoms. The van der Waals surface area contributed by atoms with Crippen LogP contribution in [0.15, 0.2) is 78.9 Å². The van der Waals surface area contributed by atoms with Crippen molar-refractivity contribution in [3.63, 3.8) is 0 Å². The summed E-state index contributed by atoms with van der Waals surface area (Å²) in [5.41, 5.74) is 3.89. The lowest BCUT2D eigenvalue weighted by Gasteiger charge is -2.10. The highest BCUT2D eigenvalue weighted by Gasteiger charge is 2.06. The fourth-order valence-corrected chi connectivity index (χ4v) is 3.10. The monoisotopic (exact) mass is 268 g/mol. The van der Waals surface area contributed by atoms with Crippen LogP contribution >= 0.6 is 0 Å². The molecule has 4 aromatic rings.